The first-order chi connectivity index (χ1) is 8.66. The summed E-state index contributed by atoms with van der Waals surface area (Å²) in [5, 5.41) is 10.5. The number of hydroxylamine groups is 2. The first-order valence-electron chi connectivity index (χ1n) is 5.97. The van der Waals surface area contributed by atoms with Crippen LogP contribution in [0.5, 0.6) is 0 Å². The molecule has 1 aromatic carbocycles. The van der Waals surface area contributed by atoms with Crippen LogP contribution in [-0.2, 0) is 4.84 Å². The van der Waals surface area contributed by atoms with Crippen LogP contribution in [0, 0.1) is 0 Å². The van der Waals surface area contributed by atoms with Crippen LogP contribution in [0.3, 0.4) is 0 Å². The first kappa shape index (κ1) is 16.2. The number of aromatic carboxylic acids is 1. The summed E-state index contributed by atoms with van der Waals surface area (Å²) in [7, 11) is 0. The minimum atomic E-state index is -1.05. The van der Waals surface area contributed by atoms with Crippen LogP contribution in [-0.4, -0.2) is 35.2 Å². The Morgan fingerprint density at radius 2 is 1.79 bits per heavy atom. The van der Waals surface area contributed by atoms with Crippen molar-refractivity contribution in [1.82, 2.24) is 5.06 Å². The quantitative estimate of drug-likeness (QED) is 0.720. The predicted molar refractivity (Wildman–Crippen MR) is 65.4 cm³/mol. The van der Waals surface area contributed by atoms with Crippen LogP contribution < -0.4 is 29.6 Å². The van der Waals surface area contributed by atoms with E-state index in [1.165, 1.54) is 18.2 Å². The summed E-state index contributed by atoms with van der Waals surface area (Å²) in [4.78, 5) is 27.8. The summed E-state index contributed by atoms with van der Waals surface area (Å²) in [5.74, 6) is -1.55. The third-order valence-corrected chi connectivity index (χ3v) is 2.87. The number of carboxylic acids is 1. The first-order valence-corrected chi connectivity index (χ1v) is 5.97. The van der Waals surface area contributed by atoms with Crippen LogP contribution >= 0.6 is 0 Å². The summed E-state index contributed by atoms with van der Waals surface area (Å²) in [6, 6.07) is 5.86. The summed E-state index contributed by atoms with van der Waals surface area (Å²) in [5.41, 5.74) is 0.351. The minimum absolute atomic E-state index is 0. The van der Waals surface area contributed by atoms with Gasteiger partial charge in [0.05, 0.1) is 11.1 Å². The number of hydrogen-bond donors (Lipinski definition) is 1. The van der Waals surface area contributed by atoms with Crippen molar-refractivity contribution in [2.24, 2.45) is 0 Å². The zero-order valence-corrected chi connectivity index (χ0v) is 13.0. The van der Waals surface area contributed by atoms with Crippen LogP contribution in [0.25, 0.3) is 0 Å². The monoisotopic (exact) mass is 273 g/mol. The fraction of sp³-hybridized carbons (Fsp3) is 0.385. The van der Waals surface area contributed by atoms with Gasteiger partial charge in [0, 0.05) is 13.1 Å². The molecule has 1 saturated heterocycles. The molecule has 1 aromatic rings. The van der Waals surface area contributed by atoms with Gasteiger partial charge >= 0.3 is 41.5 Å². The second-order valence-electron chi connectivity index (χ2n) is 4.25. The Morgan fingerprint density at radius 1 is 1.16 bits per heavy atom. The van der Waals surface area contributed by atoms with Gasteiger partial charge in [-0.1, -0.05) is 12.5 Å². The molecule has 0 aliphatic carbocycles. The van der Waals surface area contributed by atoms with Gasteiger partial charge < -0.3 is 11.4 Å². The fourth-order valence-electron chi connectivity index (χ4n) is 1.91. The van der Waals surface area contributed by atoms with Crippen molar-refractivity contribution in [2.45, 2.75) is 19.3 Å². The molecule has 0 unspecified atom stereocenters. The molecular formula is C13H16NNaO4. The second kappa shape index (κ2) is 7.65. The molecular weight excluding hydrogens is 257 g/mol. The third-order valence-electron chi connectivity index (χ3n) is 2.87. The van der Waals surface area contributed by atoms with Crippen molar-refractivity contribution in [1.29, 1.82) is 0 Å². The van der Waals surface area contributed by atoms with Gasteiger partial charge in [0.25, 0.3) is 0 Å². The van der Waals surface area contributed by atoms with Crippen molar-refractivity contribution in [3.8, 4) is 0 Å². The number of nitrogens with zero attached hydrogens (tertiary/aromatic N) is 1. The summed E-state index contributed by atoms with van der Waals surface area (Å²) in [6.45, 7) is 1.48. The summed E-state index contributed by atoms with van der Waals surface area (Å²) < 4.78 is 0. The molecule has 1 aliphatic heterocycles. The Balaban J connectivity index is 0.00000180. The normalized spacial score (nSPS) is 15.4. The molecule has 2 rings (SSSR count). The van der Waals surface area contributed by atoms with Crippen molar-refractivity contribution < 1.29 is 50.5 Å². The maximum absolute atomic E-state index is 11.8. The SMILES string of the molecule is O=C(O)c1cccc(C(=O)ON2CCCCC2)c1.[H-].[Na+]. The molecule has 0 radical (unpaired) electrons. The molecule has 6 heteroatoms. The average Bonchev–Trinajstić information content (AvgIpc) is 2.40. The van der Waals surface area contributed by atoms with E-state index in [-0.39, 0.29) is 42.1 Å². The average molecular weight is 273 g/mol. The summed E-state index contributed by atoms with van der Waals surface area (Å²) in [6.07, 6.45) is 3.19. The van der Waals surface area contributed by atoms with E-state index < -0.39 is 11.9 Å². The molecule has 1 aliphatic rings. The van der Waals surface area contributed by atoms with Gasteiger partial charge in [-0.25, -0.2) is 9.59 Å². The number of carbonyl (C=O) groups is 2. The molecule has 1 fully saturated rings. The van der Waals surface area contributed by atoms with Gasteiger partial charge in [-0.3, -0.25) is 0 Å². The molecule has 1 heterocycles. The number of benzene rings is 1. The number of piperidine rings is 1. The van der Waals surface area contributed by atoms with Crippen molar-refractivity contribution in [3.05, 3.63) is 35.4 Å². The molecule has 0 amide bonds. The van der Waals surface area contributed by atoms with E-state index in [1.54, 1.807) is 11.1 Å². The van der Waals surface area contributed by atoms with Gasteiger partial charge in [-0.05, 0) is 31.0 Å². The van der Waals surface area contributed by atoms with Gasteiger partial charge in [-0.2, -0.15) is 0 Å². The standard InChI is InChI=1S/C13H15NO4.Na.H/c15-12(16)10-5-4-6-11(9-10)13(17)18-14-7-2-1-3-8-14;;/h4-6,9H,1-3,7-8H2,(H,15,16);;/q;+1;-1. The van der Waals surface area contributed by atoms with E-state index in [0.717, 1.165) is 32.4 Å². The second-order valence-corrected chi connectivity index (χ2v) is 4.25. The smallest absolute Gasteiger partial charge is 1.00 e. The zero-order chi connectivity index (χ0) is 13.0. The summed E-state index contributed by atoms with van der Waals surface area (Å²) >= 11 is 0. The van der Waals surface area contributed by atoms with Gasteiger partial charge in [-0.15, -0.1) is 5.06 Å². The molecule has 0 atom stereocenters. The molecule has 98 valence electrons. The van der Waals surface area contributed by atoms with Gasteiger partial charge in [0.2, 0.25) is 0 Å². The van der Waals surface area contributed by atoms with E-state index in [4.69, 9.17) is 9.94 Å². The van der Waals surface area contributed by atoms with Crippen LogP contribution in [0.15, 0.2) is 24.3 Å². The van der Waals surface area contributed by atoms with Gasteiger partial charge in [0.15, 0.2) is 0 Å². The fourth-order valence-corrected chi connectivity index (χ4v) is 1.91. The Morgan fingerprint density at radius 3 is 2.42 bits per heavy atom. The van der Waals surface area contributed by atoms with Crippen LogP contribution in [0.2, 0.25) is 0 Å². The molecule has 1 N–H and O–H groups in total. The Hall–Kier alpha value is -0.880. The third kappa shape index (κ3) is 4.62. The zero-order valence-electron chi connectivity index (χ0n) is 12.0. The topological polar surface area (TPSA) is 66.8 Å². The maximum atomic E-state index is 11.8. The van der Waals surface area contributed by atoms with Crippen LogP contribution in [0.1, 0.15) is 41.4 Å². The Kier molecular flexibility index (Phi) is 6.51. The van der Waals surface area contributed by atoms with Gasteiger partial charge in [0.1, 0.15) is 0 Å². The molecule has 0 aromatic heterocycles. The van der Waals surface area contributed by atoms with E-state index in [1.807, 2.05) is 0 Å². The van der Waals surface area contributed by atoms with E-state index >= 15 is 0 Å². The van der Waals surface area contributed by atoms with E-state index in [0.29, 0.717) is 0 Å². The van der Waals surface area contributed by atoms with Crippen LogP contribution in [0.4, 0.5) is 0 Å². The number of carboxylic acid groups (broad SMARTS) is 1. The minimum Gasteiger partial charge on any atom is -1.00 e. The van der Waals surface area contributed by atoms with E-state index in [2.05, 4.69) is 0 Å². The maximum Gasteiger partial charge on any atom is 1.00 e. The van der Waals surface area contributed by atoms with Crippen molar-refractivity contribution in [2.75, 3.05) is 13.1 Å². The molecule has 0 saturated carbocycles. The molecule has 5 nitrogen and oxygen atoms in total. The van der Waals surface area contributed by atoms with Crippen molar-refractivity contribution in [3.63, 3.8) is 0 Å². The largest absolute Gasteiger partial charge is 1.00 e. The molecule has 0 bridgehead atoms. The Bertz CT molecular complexity index is 463. The molecule has 0 spiro atoms. The number of carbonyl (C=O) groups excluding carboxylic acids is 1. The predicted octanol–water partition coefficient (Wildman–Crippen LogP) is -0.941. The number of hydrogen-bond acceptors (Lipinski definition) is 4. The number of rotatable bonds is 3. The Labute approximate surface area is 135 Å². The molecule has 19 heavy (non-hydrogen) atoms. The van der Waals surface area contributed by atoms with E-state index in [9.17, 15) is 9.59 Å². The van der Waals surface area contributed by atoms with Crippen molar-refractivity contribution >= 4 is 11.9 Å².